The Morgan fingerprint density at radius 1 is 1.10 bits per heavy atom. The van der Waals surface area contributed by atoms with Crippen LogP contribution in [0, 0.1) is 5.82 Å². The third-order valence-electron chi connectivity index (χ3n) is 4.05. The van der Waals surface area contributed by atoms with E-state index >= 15 is 0 Å². The highest BCUT2D eigenvalue weighted by molar-refractivity contribution is 5.56. The van der Waals surface area contributed by atoms with Gasteiger partial charge in [-0.3, -0.25) is 0 Å². The van der Waals surface area contributed by atoms with Crippen LogP contribution in [0.4, 0.5) is 15.8 Å². The van der Waals surface area contributed by atoms with Gasteiger partial charge in [0.05, 0.1) is 11.7 Å². The third kappa shape index (κ3) is 2.85. The first-order valence-electron chi connectivity index (χ1n) is 7.20. The summed E-state index contributed by atoms with van der Waals surface area (Å²) in [6, 6.07) is 15.4. The number of rotatable bonds is 2. The maximum Gasteiger partial charge on any atom is 0.148 e. The van der Waals surface area contributed by atoms with E-state index in [1.54, 1.807) is 12.1 Å². The summed E-state index contributed by atoms with van der Waals surface area (Å²) in [6.07, 6.45) is 0. The van der Waals surface area contributed by atoms with E-state index in [1.807, 2.05) is 18.2 Å². The molecule has 0 aliphatic carbocycles. The van der Waals surface area contributed by atoms with Crippen LogP contribution >= 0.6 is 0 Å². The van der Waals surface area contributed by atoms with Crippen molar-refractivity contribution in [1.82, 2.24) is 4.90 Å². The maximum absolute atomic E-state index is 14.3. The Bertz CT molecular complexity index is 615. The number of nitrogen functional groups attached to an aromatic ring is 1. The van der Waals surface area contributed by atoms with Crippen LogP contribution < -0.4 is 10.6 Å². The van der Waals surface area contributed by atoms with Gasteiger partial charge in [-0.05, 0) is 30.8 Å². The van der Waals surface area contributed by atoms with Crippen molar-refractivity contribution in [3.05, 3.63) is 59.9 Å². The molecule has 0 aromatic heterocycles. The normalized spacial score (nSPS) is 19.7. The van der Waals surface area contributed by atoms with Gasteiger partial charge in [-0.25, -0.2) is 4.39 Å². The number of likely N-dealkylation sites (N-methyl/N-ethyl adjacent to an activating group) is 1. The van der Waals surface area contributed by atoms with Gasteiger partial charge in [0.25, 0.3) is 0 Å². The number of piperazine rings is 1. The lowest BCUT2D eigenvalue weighted by atomic mass is 10.0. The minimum Gasteiger partial charge on any atom is -0.399 e. The van der Waals surface area contributed by atoms with Crippen molar-refractivity contribution in [1.29, 1.82) is 0 Å². The van der Waals surface area contributed by atoms with Crippen LogP contribution in [0.25, 0.3) is 0 Å². The summed E-state index contributed by atoms with van der Waals surface area (Å²) >= 11 is 0. The molecule has 4 heteroatoms. The van der Waals surface area contributed by atoms with E-state index in [0.717, 1.165) is 19.6 Å². The molecule has 21 heavy (non-hydrogen) atoms. The highest BCUT2D eigenvalue weighted by Crippen LogP contribution is 2.32. The lowest BCUT2D eigenvalue weighted by molar-refractivity contribution is 0.268. The van der Waals surface area contributed by atoms with Gasteiger partial charge in [0.1, 0.15) is 5.82 Å². The fourth-order valence-electron chi connectivity index (χ4n) is 2.92. The van der Waals surface area contributed by atoms with Crippen LogP contribution in [0.1, 0.15) is 11.6 Å². The van der Waals surface area contributed by atoms with Crippen molar-refractivity contribution in [2.24, 2.45) is 0 Å². The Morgan fingerprint density at radius 2 is 1.86 bits per heavy atom. The molecule has 1 fully saturated rings. The average molecular weight is 285 g/mol. The van der Waals surface area contributed by atoms with Crippen LogP contribution in [-0.2, 0) is 0 Å². The van der Waals surface area contributed by atoms with E-state index in [0.29, 0.717) is 11.4 Å². The van der Waals surface area contributed by atoms with Crippen LogP contribution in [0.2, 0.25) is 0 Å². The van der Waals surface area contributed by atoms with Gasteiger partial charge in [-0.2, -0.15) is 0 Å². The van der Waals surface area contributed by atoms with Gasteiger partial charge in [0, 0.05) is 25.3 Å². The Labute approximate surface area is 124 Å². The summed E-state index contributed by atoms with van der Waals surface area (Å²) < 4.78 is 14.3. The molecule has 1 unspecified atom stereocenters. The number of hydrogen-bond acceptors (Lipinski definition) is 3. The number of nitrogens with two attached hydrogens (primary N) is 1. The summed E-state index contributed by atoms with van der Waals surface area (Å²) in [5, 5.41) is 0. The predicted octanol–water partition coefficient (Wildman–Crippen LogP) is 2.90. The Morgan fingerprint density at radius 3 is 2.57 bits per heavy atom. The lowest BCUT2D eigenvalue weighted by Gasteiger charge is -2.42. The molecular weight excluding hydrogens is 265 g/mol. The second-order valence-corrected chi connectivity index (χ2v) is 5.59. The van der Waals surface area contributed by atoms with Gasteiger partial charge in [0.15, 0.2) is 0 Å². The minimum atomic E-state index is -0.250. The van der Waals surface area contributed by atoms with Gasteiger partial charge in [-0.1, -0.05) is 30.3 Å². The van der Waals surface area contributed by atoms with Crippen molar-refractivity contribution in [3.63, 3.8) is 0 Å². The molecule has 3 nitrogen and oxygen atoms in total. The Kier molecular flexibility index (Phi) is 3.80. The summed E-state index contributed by atoms with van der Waals surface area (Å²) in [6.45, 7) is 2.61. The molecule has 1 atom stereocenters. The number of nitrogens with zero attached hydrogens (tertiary/aromatic N) is 2. The molecule has 0 saturated carbocycles. The zero-order valence-electron chi connectivity index (χ0n) is 12.2. The molecule has 2 aromatic carbocycles. The highest BCUT2D eigenvalue weighted by atomic mass is 19.1. The third-order valence-corrected chi connectivity index (χ3v) is 4.05. The van der Waals surface area contributed by atoms with E-state index in [4.69, 9.17) is 5.73 Å². The van der Waals surface area contributed by atoms with Gasteiger partial charge >= 0.3 is 0 Å². The van der Waals surface area contributed by atoms with E-state index in [9.17, 15) is 4.39 Å². The first-order chi connectivity index (χ1) is 10.1. The molecule has 3 rings (SSSR count). The predicted molar refractivity (Wildman–Crippen MR) is 84.8 cm³/mol. The zero-order chi connectivity index (χ0) is 14.8. The van der Waals surface area contributed by atoms with E-state index in [2.05, 4.69) is 29.0 Å². The largest absolute Gasteiger partial charge is 0.399 e. The number of anilines is 2. The van der Waals surface area contributed by atoms with Gasteiger partial charge in [0.2, 0.25) is 0 Å². The maximum atomic E-state index is 14.3. The average Bonchev–Trinajstić information content (AvgIpc) is 2.49. The van der Waals surface area contributed by atoms with Crippen molar-refractivity contribution < 1.29 is 4.39 Å². The second-order valence-electron chi connectivity index (χ2n) is 5.59. The molecule has 0 spiro atoms. The molecular formula is C17H20FN3. The number of benzene rings is 2. The van der Waals surface area contributed by atoms with Crippen molar-refractivity contribution in [2.75, 3.05) is 37.3 Å². The first kappa shape index (κ1) is 13.9. The van der Waals surface area contributed by atoms with Crippen LogP contribution in [0.3, 0.4) is 0 Å². The Hall–Kier alpha value is -2.07. The van der Waals surface area contributed by atoms with E-state index in [-0.39, 0.29) is 11.9 Å². The van der Waals surface area contributed by atoms with Crippen LogP contribution in [0.15, 0.2) is 48.5 Å². The molecule has 0 bridgehead atoms. The fraction of sp³-hybridized carbons (Fsp3) is 0.294. The zero-order valence-corrected chi connectivity index (χ0v) is 12.2. The van der Waals surface area contributed by atoms with Crippen molar-refractivity contribution in [3.8, 4) is 0 Å². The first-order valence-corrected chi connectivity index (χ1v) is 7.20. The van der Waals surface area contributed by atoms with Gasteiger partial charge < -0.3 is 15.5 Å². The lowest BCUT2D eigenvalue weighted by Crippen LogP contribution is -2.47. The Balaban J connectivity index is 1.98. The quantitative estimate of drug-likeness (QED) is 0.861. The van der Waals surface area contributed by atoms with Crippen LogP contribution in [-0.4, -0.2) is 31.6 Å². The van der Waals surface area contributed by atoms with E-state index < -0.39 is 0 Å². The smallest absolute Gasteiger partial charge is 0.148 e. The second kappa shape index (κ2) is 5.74. The molecule has 1 aliphatic rings. The minimum absolute atomic E-state index is 0.156. The fourth-order valence-corrected chi connectivity index (χ4v) is 2.92. The van der Waals surface area contributed by atoms with Crippen molar-refractivity contribution >= 4 is 11.4 Å². The summed E-state index contributed by atoms with van der Waals surface area (Å²) in [4.78, 5) is 4.42. The molecule has 1 heterocycles. The van der Waals surface area contributed by atoms with Crippen LogP contribution in [0.5, 0.6) is 0 Å². The molecule has 1 aliphatic heterocycles. The number of halogens is 1. The van der Waals surface area contributed by atoms with E-state index in [1.165, 1.54) is 11.6 Å². The van der Waals surface area contributed by atoms with Crippen molar-refractivity contribution in [2.45, 2.75) is 6.04 Å². The molecule has 2 N–H and O–H groups in total. The summed E-state index contributed by atoms with van der Waals surface area (Å²) in [7, 11) is 2.10. The van der Waals surface area contributed by atoms with Gasteiger partial charge in [-0.15, -0.1) is 0 Å². The molecule has 1 saturated heterocycles. The highest BCUT2D eigenvalue weighted by Gasteiger charge is 2.28. The summed E-state index contributed by atoms with van der Waals surface area (Å²) in [5.74, 6) is -0.250. The molecule has 110 valence electrons. The number of hydrogen-bond donors (Lipinski definition) is 1. The molecule has 2 aromatic rings. The summed E-state index contributed by atoms with van der Waals surface area (Å²) in [5.41, 5.74) is 7.96. The topological polar surface area (TPSA) is 32.5 Å². The monoisotopic (exact) mass is 285 g/mol. The standard InChI is InChI=1S/C17H20FN3/c1-20-9-10-21(16-8-7-14(19)11-15(16)18)17(12-20)13-5-3-2-4-6-13/h2-8,11,17H,9-10,12,19H2,1H3. The SMILES string of the molecule is CN1CCN(c2ccc(N)cc2F)C(c2ccccc2)C1. The molecule has 0 amide bonds. The molecule has 0 radical (unpaired) electrons.